The van der Waals surface area contributed by atoms with Crippen LogP contribution in [0.3, 0.4) is 0 Å². The van der Waals surface area contributed by atoms with Crippen molar-refractivity contribution in [1.82, 2.24) is 4.72 Å². The molecule has 1 fully saturated rings. The topological polar surface area (TPSA) is 130 Å². The van der Waals surface area contributed by atoms with Gasteiger partial charge >= 0.3 is 5.97 Å². The van der Waals surface area contributed by atoms with E-state index in [4.69, 9.17) is 0 Å². The molecule has 8 nitrogen and oxygen atoms in total. The fourth-order valence-electron chi connectivity index (χ4n) is 3.99. The number of nitrogens with one attached hydrogen (secondary N) is 2. The van der Waals surface area contributed by atoms with Crippen LogP contribution in [0.1, 0.15) is 18.9 Å². The minimum atomic E-state index is -4.13. The quantitative estimate of drug-likeness (QED) is 0.430. The predicted octanol–water partition coefficient (Wildman–Crippen LogP) is 3.25. The largest absolute Gasteiger partial charge is 0.480 e. The fraction of sp³-hybridized carbons (Fsp3) is 0.227. The van der Waals surface area contributed by atoms with Crippen LogP contribution in [0, 0.1) is 0 Å². The summed E-state index contributed by atoms with van der Waals surface area (Å²) in [6.45, 7) is 1.74. The summed E-state index contributed by atoms with van der Waals surface area (Å²) in [5, 5.41) is 9.94. The lowest BCUT2D eigenvalue weighted by Crippen LogP contribution is -2.47. The molecular weight excluding hydrogens is 484 g/mol. The van der Waals surface area contributed by atoms with E-state index in [2.05, 4.69) is 9.44 Å². The monoisotopic (exact) mass is 506 g/mol. The summed E-state index contributed by atoms with van der Waals surface area (Å²) in [7, 11) is -7.59. The molecule has 3 N–H and O–H groups in total. The van der Waals surface area contributed by atoms with Gasteiger partial charge in [0.05, 0.1) is 6.26 Å². The number of anilines is 1. The molecule has 1 heterocycles. The predicted molar refractivity (Wildman–Crippen MR) is 127 cm³/mol. The molecule has 1 aliphatic rings. The number of hydrogen-bond donors (Lipinski definition) is 3. The number of rotatable bonds is 8. The van der Waals surface area contributed by atoms with Crippen LogP contribution in [0.25, 0.3) is 10.4 Å². The Morgan fingerprint density at radius 3 is 2.33 bits per heavy atom. The zero-order chi connectivity index (χ0) is 24.1. The molecule has 11 heteroatoms. The van der Waals surface area contributed by atoms with Gasteiger partial charge in [-0.3, -0.25) is 9.52 Å². The second-order valence-electron chi connectivity index (χ2n) is 8.26. The molecule has 2 atom stereocenters. The first-order chi connectivity index (χ1) is 15.4. The van der Waals surface area contributed by atoms with Crippen molar-refractivity contribution in [3.8, 4) is 10.4 Å². The normalized spacial score (nSPS) is 22.6. The molecule has 1 saturated carbocycles. The lowest BCUT2D eigenvalue weighted by atomic mass is 9.93. The summed E-state index contributed by atoms with van der Waals surface area (Å²) >= 11 is 0.975. The molecule has 0 saturated heterocycles. The number of aliphatic carboxylic acids is 1. The van der Waals surface area contributed by atoms with E-state index < -0.39 is 37.0 Å². The van der Waals surface area contributed by atoms with Crippen molar-refractivity contribution in [2.24, 2.45) is 0 Å². The third kappa shape index (κ3) is 4.41. The SMILES string of the molecule is C[C@]1(c2ccccc2)C[C@@]1(NS(=O)(=O)c1ccc(-c2cccc(NS(C)(=O)=O)c2)s1)C(=O)O. The zero-order valence-corrected chi connectivity index (χ0v) is 20.2. The van der Waals surface area contributed by atoms with E-state index in [9.17, 15) is 26.7 Å². The van der Waals surface area contributed by atoms with E-state index in [-0.39, 0.29) is 10.6 Å². The van der Waals surface area contributed by atoms with Crippen LogP contribution in [0.4, 0.5) is 5.69 Å². The maximum atomic E-state index is 13.2. The lowest BCUT2D eigenvalue weighted by molar-refractivity contribution is -0.140. The van der Waals surface area contributed by atoms with Crippen molar-refractivity contribution in [2.75, 3.05) is 11.0 Å². The van der Waals surface area contributed by atoms with Crippen molar-refractivity contribution >= 4 is 43.0 Å². The Kier molecular flexibility index (Phi) is 5.64. The van der Waals surface area contributed by atoms with Crippen molar-refractivity contribution in [3.63, 3.8) is 0 Å². The van der Waals surface area contributed by atoms with Gasteiger partial charge in [0, 0.05) is 16.0 Å². The average molecular weight is 507 g/mol. The van der Waals surface area contributed by atoms with Crippen molar-refractivity contribution < 1.29 is 26.7 Å². The maximum Gasteiger partial charge on any atom is 0.325 e. The van der Waals surface area contributed by atoms with Crippen LogP contribution in [0.15, 0.2) is 70.9 Å². The molecule has 0 aliphatic heterocycles. The highest BCUT2D eigenvalue weighted by atomic mass is 32.2. The van der Waals surface area contributed by atoms with Crippen LogP contribution in [0.2, 0.25) is 0 Å². The first-order valence-corrected chi connectivity index (χ1v) is 14.1. The summed E-state index contributed by atoms with van der Waals surface area (Å²) in [6.07, 6.45) is 1.18. The first kappa shape index (κ1) is 23.4. The summed E-state index contributed by atoms with van der Waals surface area (Å²) in [5.74, 6) is -1.23. The number of carboxylic acid groups (broad SMARTS) is 1. The molecular formula is C22H22N2O6S3. The molecule has 33 heavy (non-hydrogen) atoms. The summed E-state index contributed by atoms with van der Waals surface area (Å²) in [5.41, 5.74) is -0.789. The Hall–Kier alpha value is -2.73. The highest BCUT2D eigenvalue weighted by Gasteiger charge is 2.72. The Bertz CT molecular complexity index is 1430. The summed E-state index contributed by atoms with van der Waals surface area (Å²) in [4.78, 5) is 12.8. The number of hydrogen-bond acceptors (Lipinski definition) is 6. The molecule has 1 aliphatic carbocycles. The molecule has 0 spiro atoms. The van der Waals surface area contributed by atoms with Gasteiger partial charge in [-0.15, -0.1) is 11.3 Å². The van der Waals surface area contributed by atoms with Crippen LogP contribution in [-0.4, -0.2) is 39.7 Å². The second kappa shape index (κ2) is 7.94. The standard InChI is InChI=1S/C22H22N2O6S3/c1-21(16-8-4-3-5-9-16)14-22(21,20(25)26)24-33(29,30)19-12-11-18(31-19)15-7-6-10-17(13-15)23-32(2,27)28/h3-13,23-24H,14H2,1-2H3,(H,25,26)/t21-,22-/m1/s1. The Morgan fingerprint density at radius 1 is 1.00 bits per heavy atom. The van der Waals surface area contributed by atoms with Crippen molar-refractivity contribution in [1.29, 1.82) is 0 Å². The van der Waals surface area contributed by atoms with Gasteiger partial charge in [-0.05, 0) is 41.8 Å². The summed E-state index contributed by atoms with van der Waals surface area (Å²) in [6, 6.07) is 18.6. The molecule has 0 amide bonds. The smallest absolute Gasteiger partial charge is 0.325 e. The van der Waals surface area contributed by atoms with Crippen LogP contribution in [-0.2, 0) is 30.3 Å². The Balaban J connectivity index is 1.62. The highest BCUT2D eigenvalue weighted by Crippen LogP contribution is 2.58. The van der Waals surface area contributed by atoms with E-state index in [1.54, 1.807) is 61.5 Å². The molecule has 4 rings (SSSR count). The van der Waals surface area contributed by atoms with E-state index in [1.807, 2.05) is 6.07 Å². The van der Waals surface area contributed by atoms with Crippen LogP contribution in [0.5, 0.6) is 0 Å². The second-order valence-corrected chi connectivity index (χ2v) is 13.0. The number of carboxylic acids is 1. The van der Waals surface area contributed by atoms with Crippen LogP contribution < -0.4 is 9.44 Å². The van der Waals surface area contributed by atoms with Crippen LogP contribution >= 0.6 is 11.3 Å². The zero-order valence-electron chi connectivity index (χ0n) is 17.8. The van der Waals surface area contributed by atoms with E-state index in [1.165, 1.54) is 6.07 Å². The Labute approximate surface area is 196 Å². The van der Waals surface area contributed by atoms with Gasteiger partial charge in [-0.25, -0.2) is 16.8 Å². The van der Waals surface area contributed by atoms with Gasteiger partial charge in [0.1, 0.15) is 9.75 Å². The molecule has 1 aromatic heterocycles. The van der Waals surface area contributed by atoms with Gasteiger partial charge in [0.15, 0.2) is 0 Å². The van der Waals surface area contributed by atoms with E-state index in [0.29, 0.717) is 16.1 Å². The number of sulfonamides is 2. The van der Waals surface area contributed by atoms with Crippen molar-refractivity contribution in [2.45, 2.75) is 28.5 Å². The number of thiophene rings is 1. The molecule has 0 radical (unpaired) electrons. The van der Waals surface area contributed by atoms with Gasteiger partial charge < -0.3 is 5.11 Å². The van der Waals surface area contributed by atoms with Gasteiger partial charge in [-0.1, -0.05) is 49.4 Å². The van der Waals surface area contributed by atoms with Gasteiger partial charge in [0.25, 0.3) is 10.0 Å². The van der Waals surface area contributed by atoms with E-state index >= 15 is 0 Å². The molecule has 174 valence electrons. The molecule has 0 unspecified atom stereocenters. The highest BCUT2D eigenvalue weighted by molar-refractivity contribution is 7.92. The van der Waals surface area contributed by atoms with Gasteiger partial charge in [-0.2, -0.15) is 4.72 Å². The number of carbonyl (C=O) groups is 1. The molecule has 3 aromatic rings. The Morgan fingerprint density at radius 2 is 1.70 bits per heavy atom. The number of benzene rings is 2. The fourth-order valence-corrected chi connectivity index (χ4v) is 7.31. The first-order valence-electron chi connectivity index (χ1n) is 9.87. The minimum absolute atomic E-state index is 0.0260. The lowest BCUT2D eigenvalue weighted by Gasteiger charge is -2.20. The molecule has 2 aromatic carbocycles. The maximum absolute atomic E-state index is 13.2. The van der Waals surface area contributed by atoms with Gasteiger partial charge in [0.2, 0.25) is 10.0 Å². The average Bonchev–Trinajstić information content (AvgIpc) is 3.10. The minimum Gasteiger partial charge on any atom is -0.480 e. The third-order valence-electron chi connectivity index (χ3n) is 5.82. The third-order valence-corrected chi connectivity index (χ3v) is 9.54. The van der Waals surface area contributed by atoms with E-state index in [0.717, 1.165) is 23.2 Å². The summed E-state index contributed by atoms with van der Waals surface area (Å²) < 4.78 is 54.1. The molecule has 0 bridgehead atoms. The van der Waals surface area contributed by atoms with Crippen molar-refractivity contribution in [3.05, 3.63) is 72.3 Å².